The Morgan fingerprint density at radius 1 is 1.28 bits per heavy atom. The summed E-state index contributed by atoms with van der Waals surface area (Å²) in [5.41, 5.74) is 1.01. The van der Waals surface area contributed by atoms with Gasteiger partial charge < -0.3 is 19.3 Å². The van der Waals surface area contributed by atoms with E-state index in [1.807, 2.05) is 17.5 Å². The molecular formula is C16H14N2O5S2. The van der Waals surface area contributed by atoms with Gasteiger partial charge in [0.2, 0.25) is 5.91 Å². The molecule has 0 aromatic carbocycles. The summed E-state index contributed by atoms with van der Waals surface area (Å²) >= 11 is 2.75. The molecule has 3 aromatic rings. The molecule has 3 rings (SSSR count). The van der Waals surface area contributed by atoms with Crippen LogP contribution in [0.1, 0.15) is 15.4 Å². The molecule has 1 N–H and O–H groups in total. The number of rotatable bonds is 7. The Labute approximate surface area is 151 Å². The van der Waals surface area contributed by atoms with Crippen molar-refractivity contribution in [2.75, 3.05) is 19.0 Å². The van der Waals surface area contributed by atoms with Crippen molar-refractivity contribution >= 4 is 40.2 Å². The number of amides is 1. The van der Waals surface area contributed by atoms with E-state index >= 15 is 0 Å². The number of carbonyl (C=O) groups is 2. The topological polar surface area (TPSA) is 90.7 Å². The van der Waals surface area contributed by atoms with Crippen molar-refractivity contribution in [2.24, 2.45) is 0 Å². The maximum Gasteiger partial charge on any atom is 0.350 e. The van der Waals surface area contributed by atoms with Crippen molar-refractivity contribution in [3.05, 3.63) is 45.6 Å². The molecule has 3 aromatic heterocycles. The highest BCUT2D eigenvalue weighted by molar-refractivity contribution is 7.13. The first-order chi connectivity index (χ1) is 12.2. The number of carbonyl (C=O) groups excluding carboxylic acids is 2. The van der Waals surface area contributed by atoms with Gasteiger partial charge >= 0.3 is 5.97 Å². The van der Waals surface area contributed by atoms with E-state index in [-0.39, 0.29) is 19.1 Å². The van der Waals surface area contributed by atoms with Gasteiger partial charge in [-0.3, -0.25) is 4.79 Å². The minimum absolute atomic E-state index is 0.149. The fraction of sp³-hybridized carbons (Fsp3) is 0.188. The molecule has 0 bridgehead atoms. The summed E-state index contributed by atoms with van der Waals surface area (Å²) < 4.78 is 15.2. The fourth-order valence-corrected chi connectivity index (χ4v) is 3.45. The van der Waals surface area contributed by atoms with Crippen LogP contribution in [0.4, 0.5) is 5.69 Å². The molecule has 0 spiro atoms. The second-order valence-corrected chi connectivity index (χ2v) is 6.72. The average molecular weight is 378 g/mol. The predicted molar refractivity (Wildman–Crippen MR) is 93.8 cm³/mol. The molecule has 0 aliphatic carbocycles. The van der Waals surface area contributed by atoms with Crippen molar-refractivity contribution in [3.63, 3.8) is 0 Å². The largest absolute Gasteiger partial charge is 0.465 e. The van der Waals surface area contributed by atoms with E-state index in [1.54, 1.807) is 28.8 Å². The zero-order valence-corrected chi connectivity index (χ0v) is 14.8. The summed E-state index contributed by atoms with van der Waals surface area (Å²) in [6, 6.07) is 7.27. The van der Waals surface area contributed by atoms with E-state index in [9.17, 15) is 9.59 Å². The summed E-state index contributed by atoms with van der Waals surface area (Å²) in [7, 11) is 1.29. The minimum Gasteiger partial charge on any atom is -0.465 e. The Bertz CT molecular complexity index is 854. The average Bonchev–Trinajstić information content (AvgIpc) is 3.35. The number of nitrogens with one attached hydrogen (secondary N) is 1. The zero-order chi connectivity index (χ0) is 17.6. The summed E-state index contributed by atoms with van der Waals surface area (Å²) in [5.74, 6) is -0.195. The number of aromatic nitrogens is 1. The molecule has 7 nitrogen and oxygen atoms in total. The van der Waals surface area contributed by atoms with Crippen molar-refractivity contribution in [1.29, 1.82) is 0 Å². The summed E-state index contributed by atoms with van der Waals surface area (Å²) in [5, 5.41) is 10.2. The maximum atomic E-state index is 11.9. The third kappa shape index (κ3) is 4.32. The van der Waals surface area contributed by atoms with Gasteiger partial charge in [-0.1, -0.05) is 11.2 Å². The highest BCUT2D eigenvalue weighted by Crippen LogP contribution is 2.25. The molecule has 0 unspecified atom stereocenters. The van der Waals surface area contributed by atoms with Crippen LogP contribution in [0.15, 0.2) is 39.5 Å². The van der Waals surface area contributed by atoms with E-state index < -0.39 is 5.97 Å². The molecule has 130 valence electrons. The van der Waals surface area contributed by atoms with Crippen molar-refractivity contribution < 1.29 is 23.6 Å². The van der Waals surface area contributed by atoms with Crippen LogP contribution in [0.25, 0.3) is 10.6 Å². The van der Waals surface area contributed by atoms with Crippen molar-refractivity contribution in [3.8, 4) is 10.6 Å². The number of hydrogen-bond donors (Lipinski definition) is 1. The Hall–Kier alpha value is -2.49. The molecule has 25 heavy (non-hydrogen) atoms. The Morgan fingerprint density at radius 2 is 2.16 bits per heavy atom. The van der Waals surface area contributed by atoms with E-state index in [2.05, 4.69) is 15.2 Å². The second kappa shape index (κ2) is 8.06. The number of thiophene rings is 2. The van der Waals surface area contributed by atoms with Gasteiger partial charge in [0.05, 0.1) is 24.3 Å². The van der Waals surface area contributed by atoms with Crippen LogP contribution in [-0.2, 0) is 20.9 Å². The van der Waals surface area contributed by atoms with Gasteiger partial charge in [0, 0.05) is 6.07 Å². The Kier molecular flexibility index (Phi) is 5.59. The van der Waals surface area contributed by atoms with E-state index in [0.29, 0.717) is 22.0 Å². The van der Waals surface area contributed by atoms with Crippen molar-refractivity contribution in [2.45, 2.75) is 6.61 Å². The molecule has 1 amide bonds. The summed E-state index contributed by atoms with van der Waals surface area (Å²) in [6.07, 6.45) is 0. The molecule has 0 fully saturated rings. The number of ether oxygens (including phenoxy) is 2. The first kappa shape index (κ1) is 17.3. The van der Waals surface area contributed by atoms with Gasteiger partial charge in [0.15, 0.2) is 5.76 Å². The first-order valence-corrected chi connectivity index (χ1v) is 8.96. The number of nitrogens with zero attached hydrogens (tertiary/aromatic N) is 1. The minimum atomic E-state index is -0.491. The molecular weight excluding hydrogens is 364 g/mol. The first-order valence-electron chi connectivity index (χ1n) is 7.20. The van der Waals surface area contributed by atoms with Crippen LogP contribution in [0, 0.1) is 0 Å². The third-order valence-electron chi connectivity index (χ3n) is 3.12. The molecule has 0 saturated carbocycles. The Balaban J connectivity index is 1.49. The monoisotopic (exact) mass is 378 g/mol. The van der Waals surface area contributed by atoms with Crippen LogP contribution in [-0.4, -0.2) is 30.7 Å². The molecule has 3 heterocycles. The number of methoxy groups -OCH3 is 1. The maximum absolute atomic E-state index is 11.9. The highest BCUT2D eigenvalue weighted by atomic mass is 32.1. The van der Waals surface area contributed by atoms with Crippen LogP contribution < -0.4 is 5.32 Å². The lowest BCUT2D eigenvalue weighted by Gasteiger charge is -2.05. The predicted octanol–water partition coefficient (Wildman–Crippen LogP) is 3.41. The van der Waals surface area contributed by atoms with E-state index in [4.69, 9.17) is 9.26 Å². The number of anilines is 1. The number of esters is 1. The Morgan fingerprint density at radius 3 is 2.92 bits per heavy atom. The molecule has 0 aliphatic rings. The van der Waals surface area contributed by atoms with Gasteiger partial charge in [-0.25, -0.2) is 4.79 Å². The van der Waals surface area contributed by atoms with Crippen LogP contribution in [0.3, 0.4) is 0 Å². The number of hydrogen-bond acceptors (Lipinski definition) is 8. The summed E-state index contributed by atoms with van der Waals surface area (Å²) in [4.78, 5) is 24.8. The molecule has 0 atom stereocenters. The summed E-state index contributed by atoms with van der Waals surface area (Å²) in [6.45, 7) is -0.0204. The SMILES string of the molecule is COC(=O)c1sccc1NC(=O)COCc1cc(-c2cccs2)on1. The van der Waals surface area contributed by atoms with Crippen molar-refractivity contribution in [1.82, 2.24) is 5.16 Å². The van der Waals surface area contributed by atoms with Crippen LogP contribution >= 0.6 is 22.7 Å². The smallest absolute Gasteiger partial charge is 0.350 e. The van der Waals surface area contributed by atoms with Crippen LogP contribution in [0.5, 0.6) is 0 Å². The molecule has 0 radical (unpaired) electrons. The standard InChI is InChI=1S/C16H14N2O5S2/c1-21-16(20)15-11(4-6-25-15)17-14(19)9-22-8-10-7-12(23-18-10)13-3-2-5-24-13/h2-7H,8-9H2,1H3,(H,17,19). The highest BCUT2D eigenvalue weighted by Gasteiger charge is 2.15. The van der Waals surface area contributed by atoms with E-state index in [0.717, 1.165) is 4.88 Å². The lowest BCUT2D eigenvalue weighted by Crippen LogP contribution is -2.19. The lowest BCUT2D eigenvalue weighted by atomic mass is 10.3. The fourth-order valence-electron chi connectivity index (χ4n) is 2.01. The van der Waals surface area contributed by atoms with Gasteiger partial charge in [-0.2, -0.15) is 0 Å². The zero-order valence-electron chi connectivity index (χ0n) is 13.2. The quantitative estimate of drug-likeness (QED) is 0.634. The molecule has 0 aliphatic heterocycles. The van der Waals surface area contributed by atoms with Gasteiger partial charge in [-0.15, -0.1) is 22.7 Å². The second-order valence-electron chi connectivity index (χ2n) is 4.86. The van der Waals surface area contributed by atoms with Gasteiger partial charge in [0.1, 0.15) is 17.2 Å². The molecule has 9 heteroatoms. The van der Waals surface area contributed by atoms with Crippen LogP contribution in [0.2, 0.25) is 0 Å². The van der Waals surface area contributed by atoms with Gasteiger partial charge in [-0.05, 0) is 22.9 Å². The molecule has 0 saturated heterocycles. The third-order valence-corrected chi connectivity index (χ3v) is 4.90. The van der Waals surface area contributed by atoms with E-state index in [1.165, 1.54) is 18.4 Å². The van der Waals surface area contributed by atoms with Gasteiger partial charge in [0.25, 0.3) is 0 Å². The lowest BCUT2D eigenvalue weighted by molar-refractivity contribution is -0.121. The normalized spacial score (nSPS) is 10.6.